The van der Waals surface area contributed by atoms with Crippen LogP contribution in [0.2, 0.25) is 0 Å². The second-order valence-electron chi connectivity index (χ2n) is 6.03. The quantitative estimate of drug-likeness (QED) is 0.554. The fraction of sp³-hybridized carbons (Fsp3) is 0.158. The summed E-state index contributed by atoms with van der Waals surface area (Å²) in [6.45, 7) is 3.28. The number of rotatable bonds is 4. The van der Waals surface area contributed by atoms with Crippen LogP contribution in [0.1, 0.15) is 29.7 Å². The predicted octanol–water partition coefficient (Wildman–Crippen LogP) is 3.38. The van der Waals surface area contributed by atoms with Crippen molar-refractivity contribution in [1.82, 2.24) is 10.3 Å². The lowest BCUT2D eigenvalue weighted by atomic mass is 9.94. The van der Waals surface area contributed by atoms with Crippen LogP contribution < -0.4 is 5.32 Å². The van der Waals surface area contributed by atoms with E-state index in [-0.39, 0.29) is 33.8 Å². The van der Waals surface area contributed by atoms with Crippen molar-refractivity contribution in [1.29, 1.82) is 0 Å². The SMILES string of the molecule is CC(=O)N[C@@H](c1ccc(C)cc1)c1cc([N+](=O)[O-])c2cccnc2c1O. The van der Waals surface area contributed by atoms with Crippen LogP contribution in [-0.4, -0.2) is 20.9 Å². The summed E-state index contributed by atoms with van der Waals surface area (Å²) in [5.41, 5.74) is 1.90. The highest BCUT2D eigenvalue weighted by Crippen LogP contribution is 2.39. The molecule has 132 valence electrons. The molecule has 3 rings (SSSR count). The van der Waals surface area contributed by atoms with Crippen molar-refractivity contribution in [2.24, 2.45) is 0 Å². The number of nitrogens with one attached hydrogen (secondary N) is 1. The molecule has 0 saturated heterocycles. The minimum absolute atomic E-state index is 0.124. The molecule has 7 heteroatoms. The molecule has 1 atom stereocenters. The molecule has 0 spiro atoms. The largest absolute Gasteiger partial charge is 0.505 e. The van der Waals surface area contributed by atoms with E-state index in [1.165, 1.54) is 25.3 Å². The molecule has 26 heavy (non-hydrogen) atoms. The first-order valence-corrected chi connectivity index (χ1v) is 7.97. The number of aromatic nitrogens is 1. The summed E-state index contributed by atoms with van der Waals surface area (Å²) in [6.07, 6.45) is 1.45. The van der Waals surface area contributed by atoms with Crippen LogP contribution in [0.3, 0.4) is 0 Å². The lowest BCUT2D eigenvalue weighted by Crippen LogP contribution is -2.27. The number of hydrogen-bond donors (Lipinski definition) is 2. The van der Waals surface area contributed by atoms with Gasteiger partial charge in [0.2, 0.25) is 5.91 Å². The van der Waals surface area contributed by atoms with Crippen molar-refractivity contribution >= 4 is 22.5 Å². The highest BCUT2D eigenvalue weighted by molar-refractivity contribution is 5.93. The summed E-state index contributed by atoms with van der Waals surface area (Å²) in [5, 5.41) is 25.2. The fourth-order valence-electron chi connectivity index (χ4n) is 2.90. The molecule has 0 aliphatic heterocycles. The first kappa shape index (κ1) is 17.3. The smallest absolute Gasteiger partial charge is 0.279 e. The van der Waals surface area contributed by atoms with Crippen LogP contribution in [0, 0.1) is 17.0 Å². The predicted molar refractivity (Wildman–Crippen MR) is 96.9 cm³/mol. The number of hydrogen-bond acceptors (Lipinski definition) is 5. The van der Waals surface area contributed by atoms with Crippen molar-refractivity contribution < 1.29 is 14.8 Å². The van der Waals surface area contributed by atoms with E-state index in [1.807, 2.05) is 31.2 Å². The Morgan fingerprint density at radius 1 is 1.27 bits per heavy atom. The number of nitro groups is 1. The van der Waals surface area contributed by atoms with Gasteiger partial charge in [-0.2, -0.15) is 0 Å². The van der Waals surface area contributed by atoms with E-state index >= 15 is 0 Å². The normalized spacial score (nSPS) is 11.9. The topological polar surface area (TPSA) is 105 Å². The molecular weight excluding hydrogens is 334 g/mol. The van der Waals surface area contributed by atoms with Gasteiger partial charge in [0.05, 0.1) is 16.4 Å². The molecule has 0 radical (unpaired) electrons. The molecule has 0 saturated carbocycles. The number of pyridine rings is 1. The number of amides is 1. The average Bonchev–Trinajstić information content (AvgIpc) is 2.61. The lowest BCUT2D eigenvalue weighted by Gasteiger charge is -2.21. The minimum atomic E-state index is -0.738. The molecule has 0 aliphatic rings. The van der Waals surface area contributed by atoms with Crippen LogP contribution in [0.15, 0.2) is 48.7 Å². The summed E-state index contributed by atoms with van der Waals surface area (Å²) in [7, 11) is 0. The summed E-state index contributed by atoms with van der Waals surface area (Å²) in [4.78, 5) is 26.8. The summed E-state index contributed by atoms with van der Waals surface area (Å²) >= 11 is 0. The first-order valence-electron chi connectivity index (χ1n) is 7.97. The first-order chi connectivity index (χ1) is 12.4. The Morgan fingerprint density at radius 3 is 2.58 bits per heavy atom. The van der Waals surface area contributed by atoms with Gasteiger partial charge in [-0.05, 0) is 24.6 Å². The van der Waals surface area contributed by atoms with Gasteiger partial charge in [0, 0.05) is 24.8 Å². The Morgan fingerprint density at radius 2 is 1.96 bits per heavy atom. The maximum atomic E-state index is 11.7. The molecule has 2 N–H and O–H groups in total. The highest BCUT2D eigenvalue weighted by Gasteiger charge is 2.26. The molecule has 7 nitrogen and oxygen atoms in total. The third-order valence-corrected chi connectivity index (χ3v) is 4.14. The molecular formula is C19H17N3O4. The van der Waals surface area contributed by atoms with E-state index in [9.17, 15) is 20.0 Å². The molecule has 1 amide bonds. The Bertz CT molecular complexity index is 1000. The number of phenols is 1. The van der Waals surface area contributed by atoms with Gasteiger partial charge in [-0.25, -0.2) is 0 Å². The molecule has 0 fully saturated rings. The van der Waals surface area contributed by atoms with Crippen LogP contribution >= 0.6 is 0 Å². The number of benzene rings is 2. The Kier molecular flexibility index (Phi) is 4.53. The summed E-state index contributed by atoms with van der Waals surface area (Å²) < 4.78 is 0. The van der Waals surface area contributed by atoms with Gasteiger partial charge in [-0.15, -0.1) is 0 Å². The molecule has 0 bridgehead atoms. The van der Waals surface area contributed by atoms with Crippen LogP contribution in [0.25, 0.3) is 10.9 Å². The molecule has 3 aromatic rings. The Balaban J connectivity index is 2.28. The second-order valence-corrected chi connectivity index (χ2v) is 6.03. The van der Waals surface area contributed by atoms with Gasteiger partial charge in [-0.1, -0.05) is 29.8 Å². The number of non-ortho nitro benzene ring substituents is 1. The van der Waals surface area contributed by atoms with E-state index in [4.69, 9.17) is 0 Å². The van der Waals surface area contributed by atoms with Gasteiger partial charge in [0.25, 0.3) is 5.69 Å². The van der Waals surface area contributed by atoms with E-state index in [1.54, 1.807) is 6.07 Å². The van der Waals surface area contributed by atoms with Crippen molar-refractivity contribution in [2.75, 3.05) is 0 Å². The van der Waals surface area contributed by atoms with E-state index in [0.29, 0.717) is 5.56 Å². The third kappa shape index (κ3) is 3.19. The zero-order valence-corrected chi connectivity index (χ0v) is 14.3. The van der Waals surface area contributed by atoms with Crippen molar-refractivity contribution in [3.63, 3.8) is 0 Å². The maximum absolute atomic E-state index is 11.7. The molecule has 0 unspecified atom stereocenters. The number of phenolic OH excluding ortho intramolecular Hbond substituents is 1. The number of carbonyl (C=O) groups excluding carboxylic acids is 1. The van der Waals surface area contributed by atoms with Crippen molar-refractivity contribution in [3.05, 3.63) is 75.5 Å². The number of aryl methyl sites for hydroxylation is 1. The zero-order valence-electron chi connectivity index (χ0n) is 14.3. The summed E-state index contributed by atoms with van der Waals surface area (Å²) in [5.74, 6) is -0.510. The van der Waals surface area contributed by atoms with E-state index in [0.717, 1.165) is 5.56 Å². The average molecular weight is 351 g/mol. The summed E-state index contributed by atoms with van der Waals surface area (Å²) in [6, 6.07) is 11.0. The number of aromatic hydroxyl groups is 1. The Labute approximate surface area is 149 Å². The van der Waals surface area contributed by atoms with Crippen LogP contribution in [0.4, 0.5) is 5.69 Å². The minimum Gasteiger partial charge on any atom is -0.505 e. The maximum Gasteiger partial charge on any atom is 0.279 e. The van der Waals surface area contributed by atoms with Gasteiger partial charge in [-0.3, -0.25) is 19.9 Å². The van der Waals surface area contributed by atoms with Gasteiger partial charge in [0.1, 0.15) is 11.3 Å². The molecule has 2 aromatic carbocycles. The van der Waals surface area contributed by atoms with E-state index < -0.39 is 11.0 Å². The molecule has 0 aliphatic carbocycles. The molecule has 1 heterocycles. The molecule has 1 aromatic heterocycles. The number of fused-ring (bicyclic) bond motifs is 1. The van der Waals surface area contributed by atoms with Crippen molar-refractivity contribution in [2.45, 2.75) is 19.9 Å². The number of nitro benzene ring substituents is 1. The zero-order chi connectivity index (χ0) is 18.8. The second kappa shape index (κ2) is 6.79. The highest BCUT2D eigenvalue weighted by atomic mass is 16.6. The number of carbonyl (C=O) groups is 1. The Hall–Kier alpha value is -3.48. The number of nitrogens with zero attached hydrogens (tertiary/aromatic N) is 2. The fourth-order valence-corrected chi connectivity index (χ4v) is 2.90. The third-order valence-electron chi connectivity index (χ3n) is 4.14. The standard InChI is InChI=1S/C19H17N3O4/c1-11-5-7-13(8-6-11)17(21-12(2)23)15-10-16(22(25)26)14-4-3-9-20-18(14)19(15)24/h3-10,17,24H,1-2H3,(H,21,23)/t17-/m0/s1. The lowest BCUT2D eigenvalue weighted by molar-refractivity contribution is -0.383. The van der Waals surface area contributed by atoms with Gasteiger partial charge >= 0.3 is 0 Å². The van der Waals surface area contributed by atoms with Gasteiger partial charge < -0.3 is 10.4 Å². The van der Waals surface area contributed by atoms with Crippen LogP contribution in [-0.2, 0) is 4.79 Å². The van der Waals surface area contributed by atoms with Crippen molar-refractivity contribution in [3.8, 4) is 5.75 Å². The van der Waals surface area contributed by atoms with Gasteiger partial charge in [0.15, 0.2) is 0 Å². The van der Waals surface area contributed by atoms with Crippen LogP contribution in [0.5, 0.6) is 5.75 Å². The van der Waals surface area contributed by atoms with E-state index in [2.05, 4.69) is 10.3 Å². The monoisotopic (exact) mass is 351 g/mol.